The number of rotatable bonds is 7. The van der Waals surface area contributed by atoms with E-state index in [0.29, 0.717) is 16.6 Å². The summed E-state index contributed by atoms with van der Waals surface area (Å²) in [6.07, 6.45) is 1.34. The van der Waals surface area contributed by atoms with E-state index in [1.165, 1.54) is 31.3 Å². The van der Waals surface area contributed by atoms with E-state index in [1.54, 1.807) is 25.1 Å². The normalized spacial score (nSPS) is 11.9. The van der Waals surface area contributed by atoms with Crippen LogP contribution in [-0.2, 0) is 9.59 Å². The molecule has 0 saturated carbocycles. The summed E-state index contributed by atoms with van der Waals surface area (Å²) in [6, 6.07) is 8.80. The van der Waals surface area contributed by atoms with Gasteiger partial charge in [0.15, 0.2) is 11.5 Å². The van der Waals surface area contributed by atoms with Crippen LogP contribution in [-0.4, -0.2) is 29.7 Å². The highest BCUT2D eigenvalue weighted by molar-refractivity contribution is 9.10. The van der Waals surface area contributed by atoms with Gasteiger partial charge < -0.3 is 15.2 Å². The summed E-state index contributed by atoms with van der Waals surface area (Å²) in [7, 11) is 0. The molecule has 7 nitrogen and oxygen atoms in total. The smallest absolute Gasteiger partial charge is 0.252 e. The monoisotopic (exact) mass is 451 g/mol. The molecule has 0 saturated heterocycles. The van der Waals surface area contributed by atoms with Crippen LogP contribution in [0.25, 0.3) is 0 Å². The number of carbonyl (C=O) groups excluding carboxylic acids is 2. The van der Waals surface area contributed by atoms with Crippen LogP contribution < -0.4 is 15.5 Å². The molecule has 28 heavy (non-hydrogen) atoms. The zero-order chi connectivity index (χ0) is 20.7. The maximum absolute atomic E-state index is 13.6. The standard InChI is InChI=1S/C19H19BrFN3O4/c1-3-28-16-9-12(8-13(20)17(16)25)10-22-24-19(27)11(2)18(26)23-15-7-5-4-6-14(15)21/h4-11,25H,3H2,1-2H3,(H,23,26)(H,24,27). The van der Waals surface area contributed by atoms with E-state index in [9.17, 15) is 19.1 Å². The molecule has 0 radical (unpaired) electrons. The van der Waals surface area contributed by atoms with Crippen LogP contribution in [0.2, 0.25) is 0 Å². The lowest BCUT2D eigenvalue weighted by Crippen LogP contribution is -2.34. The Morgan fingerprint density at radius 1 is 1.32 bits per heavy atom. The number of hydrogen-bond donors (Lipinski definition) is 3. The Kier molecular flexibility index (Phi) is 7.51. The summed E-state index contributed by atoms with van der Waals surface area (Å²) in [5.41, 5.74) is 2.80. The number of hydrazone groups is 1. The van der Waals surface area contributed by atoms with Gasteiger partial charge in [-0.2, -0.15) is 5.10 Å². The van der Waals surface area contributed by atoms with Crippen molar-refractivity contribution in [2.24, 2.45) is 11.0 Å². The number of nitrogens with zero attached hydrogens (tertiary/aromatic N) is 1. The Hall–Kier alpha value is -2.94. The predicted molar refractivity (Wildman–Crippen MR) is 107 cm³/mol. The number of benzene rings is 2. The van der Waals surface area contributed by atoms with Crippen molar-refractivity contribution in [3.63, 3.8) is 0 Å². The average Bonchev–Trinajstić information content (AvgIpc) is 2.66. The van der Waals surface area contributed by atoms with Crippen LogP contribution in [0.15, 0.2) is 46.0 Å². The van der Waals surface area contributed by atoms with Gasteiger partial charge in [0.25, 0.3) is 5.91 Å². The summed E-state index contributed by atoms with van der Waals surface area (Å²) in [5, 5.41) is 16.0. The molecule has 0 aliphatic rings. The number of phenolic OH excluding ortho intramolecular Hbond substituents is 1. The van der Waals surface area contributed by atoms with E-state index >= 15 is 0 Å². The Balaban J connectivity index is 1.99. The molecule has 0 aliphatic carbocycles. The number of aromatic hydroxyl groups is 1. The first kappa shape index (κ1) is 21.4. The molecule has 2 aromatic carbocycles. The number of phenols is 1. The molecule has 9 heteroatoms. The minimum atomic E-state index is -1.10. The Morgan fingerprint density at radius 3 is 2.71 bits per heavy atom. The molecule has 2 rings (SSSR count). The fourth-order valence-corrected chi connectivity index (χ4v) is 2.58. The van der Waals surface area contributed by atoms with Gasteiger partial charge in [0, 0.05) is 0 Å². The number of halogens is 2. The highest BCUT2D eigenvalue weighted by atomic mass is 79.9. The molecule has 1 unspecified atom stereocenters. The van der Waals surface area contributed by atoms with Crippen LogP contribution in [0, 0.1) is 11.7 Å². The van der Waals surface area contributed by atoms with Gasteiger partial charge in [0.2, 0.25) is 5.91 Å². The van der Waals surface area contributed by atoms with Gasteiger partial charge in [-0.25, -0.2) is 9.82 Å². The van der Waals surface area contributed by atoms with Crippen molar-refractivity contribution >= 4 is 39.6 Å². The molecule has 2 aromatic rings. The molecule has 3 N–H and O–H groups in total. The van der Waals surface area contributed by atoms with Crippen molar-refractivity contribution in [3.8, 4) is 11.5 Å². The molecule has 0 heterocycles. The third kappa shape index (κ3) is 5.53. The van der Waals surface area contributed by atoms with Gasteiger partial charge in [-0.05, 0) is 59.6 Å². The Morgan fingerprint density at radius 2 is 2.04 bits per heavy atom. The summed E-state index contributed by atoms with van der Waals surface area (Å²) < 4.78 is 19.3. The van der Waals surface area contributed by atoms with Crippen LogP contribution in [0.4, 0.5) is 10.1 Å². The molecule has 0 fully saturated rings. The molecule has 0 bridgehead atoms. The topological polar surface area (TPSA) is 100 Å². The third-order valence-corrected chi connectivity index (χ3v) is 4.26. The number of carbonyl (C=O) groups is 2. The lowest BCUT2D eigenvalue weighted by molar-refractivity contribution is -0.131. The van der Waals surface area contributed by atoms with Gasteiger partial charge in [0.1, 0.15) is 11.7 Å². The van der Waals surface area contributed by atoms with E-state index in [-0.39, 0.29) is 17.2 Å². The molecule has 2 amide bonds. The van der Waals surface area contributed by atoms with Crippen LogP contribution in [0.3, 0.4) is 0 Å². The van der Waals surface area contributed by atoms with Crippen LogP contribution in [0.5, 0.6) is 11.5 Å². The lowest BCUT2D eigenvalue weighted by Gasteiger charge is -2.11. The van der Waals surface area contributed by atoms with Crippen molar-refractivity contribution in [2.75, 3.05) is 11.9 Å². The number of anilines is 1. The Bertz CT molecular complexity index is 905. The van der Waals surface area contributed by atoms with Gasteiger partial charge >= 0.3 is 0 Å². The SMILES string of the molecule is CCOc1cc(C=NNC(=O)C(C)C(=O)Nc2ccccc2F)cc(Br)c1O. The molecular formula is C19H19BrFN3O4. The molecule has 148 valence electrons. The molecule has 1 atom stereocenters. The first-order valence-electron chi connectivity index (χ1n) is 8.37. The fourth-order valence-electron chi connectivity index (χ4n) is 2.12. The fraction of sp³-hybridized carbons (Fsp3) is 0.211. The summed E-state index contributed by atoms with van der Waals surface area (Å²) >= 11 is 3.20. The molecule has 0 spiro atoms. The Labute approximate surface area is 169 Å². The third-order valence-electron chi connectivity index (χ3n) is 3.66. The number of amides is 2. The largest absolute Gasteiger partial charge is 0.503 e. The predicted octanol–water partition coefficient (Wildman–Crippen LogP) is 3.42. The summed E-state index contributed by atoms with van der Waals surface area (Å²) in [6.45, 7) is 3.53. The van der Waals surface area contributed by atoms with E-state index in [4.69, 9.17) is 4.74 Å². The maximum Gasteiger partial charge on any atom is 0.252 e. The van der Waals surface area contributed by atoms with E-state index in [0.717, 1.165) is 0 Å². The quantitative estimate of drug-likeness (QED) is 0.341. The lowest BCUT2D eigenvalue weighted by atomic mass is 10.1. The maximum atomic E-state index is 13.6. The summed E-state index contributed by atoms with van der Waals surface area (Å²) in [4.78, 5) is 24.2. The zero-order valence-corrected chi connectivity index (χ0v) is 16.8. The molecular weight excluding hydrogens is 433 g/mol. The van der Waals surface area contributed by atoms with E-state index in [2.05, 4.69) is 31.8 Å². The van der Waals surface area contributed by atoms with Crippen molar-refractivity contribution in [3.05, 3.63) is 52.3 Å². The van der Waals surface area contributed by atoms with Crippen molar-refractivity contribution in [1.82, 2.24) is 5.43 Å². The average molecular weight is 452 g/mol. The van der Waals surface area contributed by atoms with Gasteiger partial charge in [-0.15, -0.1) is 0 Å². The minimum absolute atomic E-state index is 0.00644. The first-order chi connectivity index (χ1) is 13.3. The van der Waals surface area contributed by atoms with Crippen LogP contribution >= 0.6 is 15.9 Å². The van der Waals surface area contributed by atoms with Crippen LogP contribution in [0.1, 0.15) is 19.4 Å². The minimum Gasteiger partial charge on any atom is -0.503 e. The second kappa shape index (κ2) is 9.84. The van der Waals surface area contributed by atoms with E-state index in [1.807, 2.05) is 0 Å². The van der Waals surface area contributed by atoms with Gasteiger partial charge in [0.05, 0.1) is 23.0 Å². The second-order valence-electron chi connectivity index (χ2n) is 5.71. The van der Waals surface area contributed by atoms with Crippen molar-refractivity contribution < 1.29 is 23.8 Å². The number of para-hydroxylation sites is 1. The zero-order valence-electron chi connectivity index (χ0n) is 15.2. The number of hydrogen-bond acceptors (Lipinski definition) is 5. The highest BCUT2D eigenvalue weighted by Gasteiger charge is 2.22. The van der Waals surface area contributed by atoms with Gasteiger partial charge in [-0.3, -0.25) is 9.59 Å². The number of ether oxygens (including phenoxy) is 1. The second-order valence-corrected chi connectivity index (χ2v) is 6.56. The highest BCUT2D eigenvalue weighted by Crippen LogP contribution is 2.35. The first-order valence-corrected chi connectivity index (χ1v) is 9.16. The van der Waals surface area contributed by atoms with E-state index < -0.39 is 23.5 Å². The number of nitrogens with one attached hydrogen (secondary N) is 2. The van der Waals surface area contributed by atoms with Gasteiger partial charge in [-0.1, -0.05) is 12.1 Å². The van der Waals surface area contributed by atoms with Crippen molar-refractivity contribution in [2.45, 2.75) is 13.8 Å². The molecule has 0 aliphatic heterocycles. The van der Waals surface area contributed by atoms with Crippen molar-refractivity contribution in [1.29, 1.82) is 0 Å². The molecule has 0 aromatic heterocycles. The summed E-state index contributed by atoms with van der Waals surface area (Å²) in [5.74, 6) is -2.78.